The molecule has 3 rings (SSSR count). The smallest absolute Gasteiger partial charge is 0.253 e. The van der Waals surface area contributed by atoms with E-state index >= 15 is 0 Å². The van der Waals surface area contributed by atoms with Gasteiger partial charge in [-0.1, -0.05) is 0 Å². The Hall–Kier alpha value is -1.95. The van der Waals surface area contributed by atoms with E-state index in [1.54, 1.807) is 4.90 Å². The van der Waals surface area contributed by atoms with Crippen LogP contribution in [0.1, 0.15) is 36.0 Å². The standard InChI is InChI=1S/C17H22FN3O2/c18-13-5-3-12(4-6-13)17(23)20-10-7-14(8-11-20)21-9-1-2-15(21)16(19)22/h3-6,14-15H,1-2,7-11H2,(H2,19,22)/t15-/m0/s1. The largest absolute Gasteiger partial charge is 0.368 e. The van der Waals surface area contributed by atoms with Crippen molar-refractivity contribution in [1.82, 2.24) is 9.80 Å². The minimum atomic E-state index is -0.341. The maximum Gasteiger partial charge on any atom is 0.253 e. The number of nitrogens with two attached hydrogens (primary N) is 1. The molecule has 2 aliphatic rings. The van der Waals surface area contributed by atoms with Crippen LogP contribution in [0, 0.1) is 5.82 Å². The monoisotopic (exact) mass is 319 g/mol. The zero-order chi connectivity index (χ0) is 16.4. The number of likely N-dealkylation sites (tertiary alicyclic amines) is 2. The Morgan fingerprint density at radius 2 is 1.70 bits per heavy atom. The summed E-state index contributed by atoms with van der Waals surface area (Å²) in [5, 5.41) is 0. The van der Waals surface area contributed by atoms with Crippen molar-refractivity contribution in [2.75, 3.05) is 19.6 Å². The predicted molar refractivity (Wildman–Crippen MR) is 84.2 cm³/mol. The third-order valence-electron chi connectivity index (χ3n) is 4.93. The Morgan fingerprint density at radius 3 is 2.30 bits per heavy atom. The van der Waals surface area contributed by atoms with Crippen LogP contribution in [0.3, 0.4) is 0 Å². The lowest BCUT2D eigenvalue weighted by molar-refractivity contribution is -0.123. The highest BCUT2D eigenvalue weighted by Crippen LogP contribution is 2.26. The molecule has 2 amide bonds. The number of nitrogens with zero attached hydrogens (tertiary/aromatic N) is 2. The summed E-state index contributed by atoms with van der Waals surface area (Å²) in [7, 11) is 0. The first-order chi connectivity index (χ1) is 11.1. The molecule has 2 saturated heterocycles. The van der Waals surface area contributed by atoms with Crippen molar-refractivity contribution >= 4 is 11.8 Å². The van der Waals surface area contributed by atoms with Gasteiger partial charge in [0.1, 0.15) is 5.82 Å². The van der Waals surface area contributed by atoms with Gasteiger partial charge in [-0.3, -0.25) is 14.5 Å². The van der Waals surface area contributed by atoms with Gasteiger partial charge in [0.2, 0.25) is 5.91 Å². The minimum absolute atomic E-state index is 0.0590. The molecule has 2 heterocycles. The maximum absolute atomic E-state index is 12.9. The molecule has 0 saturated carbocycles. The van der Waals surface area contributed by atoms with Crippen molar-refractivity contribution in [2.45, 2.75) is 37.8 Å². The lowest BCUT2D eigenvalue weighted by Gasteiger charge is -2.38. The first kappa shape index (κ1) is 15.9. The number of carbonyl (C=O) groups excluding carboxylic acids is 2. The first-order valence-corrected chi connectivity index (χ1v) is 8.16. The highest BCUT2D eigenvalue weighted by molar-refractivity contribution is 5.94. The highest BCUT2D eigenvalue weighted by atomic mass is 19.1. The van der Waals surface area contributed by atoms with Crippen molar-refractivity contribution in [2.24, 2.45) is 5.73 Å². The van der Waals surface area contributed by atoms with E-state index < -0.39 is 0 Å². The number of rotatable bonds is 3. The van der Waals surface area contributed by atoms with Crippen molar-refractivity contribution in [3.05, 3.63) is 35.6 Å². The Bertz CT molecular complexity index is 582. The number of carbonyl (C=O) groups is 2. The number of primary amides is 1. The van der Waals surface area contributed by atoms with Crippen LogP contribution >= 0.6 is 0 Å². The number of halogens is 1. The van der Waals surface area contributed by atoms with E-state index in [-0.39, 0.29) is 23.7 Å². The van der Waals surface area contributed by atoms with Gasteiger partial charge in [0, 0.05) is 24.7 Å². The van der Waals surface area contributed by atoms with Gasteiger partial charge in [-0.2, -0.15) is 0 Å². The van der Waals surface area contributed by atoms with Gasteiger partial charge >= 0.3 is 0 Å². The molecular weight excluding hydrogens is 297 g/mol. The van der Waals surface area contributed by atoms with Gasteiger partial charge in [-0.15, -0.1) is 0 Å². The highest BCUT2D eigenvalue weighted by Gasteiger charge is 2.36. The van der Waals surface area contributed by atoms with Crippen LogP contribution < -0.4 is 5.73 Å². The molecule has 0 aliphatic carbocycles. The zero-order valence-corrected chi connectivity index (χ0v) is 13.1. The normalized spacial score (nSPS) is 23.2. The Balaban J connectivity index is 1.59. The topological polar surface area (TPSA) is 66.6 Å². The summed E-state index contributed by atoms with van der Waals surface area (Å²) in [6, 6.07) is 5.82. The zero-order valence-electron chi connectivity index (χ0n) is 13.1. The Kier molecular flexibility index (Phi) is 4.61. The number of amides is 2. The van der Waals surface area contributed by atoms with E-state index in [0.29, 0.717) is 24.7 Å². The van der Waals surface area contributed by atoms with Crippen LogP contribution in [0.15, 0.2) is 24.3 Å². The Morgan fingerprint density at radius 1 is 1.04 bits per heavy atom. The molecule has 1 aromatic rings. The summed E-state index contributed by atoms with van der Waals surface area (Å²) in [5.41, 5.74) is 6.00. The molecule has 23 heavy (non-hydrogen) atoms. The van der Waals surface area contributed by atoms with Crippen molar-refractivity contribution in [3.8, 4) is 0 Å². The van der Waals surface area contributed by atoms with Crippen LogP contribution in [-0.4, -0.2) is 53.3 Å². The second-order valence-corrected chi connectivity index (χ2v) is 6.33. The Labute approximate surface area is 135 Å². The maximum atomic E-state index is 12.9. The van der Waals surface area contributed by atoms with Gasteiger partial charge in [0.15, 0.2) is 0 Å². The average molecular weight is 319 g/mol. The quantitative estimate of drug-likeness (QED) is 0.915. The molecule has 0 unspecified atom stereocenters. The third-order valence-corrected chi connectivity index (χ3v) is 4.93. The molecule has 0 bridgehead atoms. The number of hydrogen-bond acceptors (Lipinski definition) is 3. The second kappa shape index (κ2) is 6.66. The number of benzene rings is 1. The lowest BCUT2D eigenvalue weighted by Crippen LogP contribution is -2.51. The summed E-state index contributed by atoms with van der Waals surface area (Å²) in [6.45, 7) is 2.22. The van der Waals surface area contributed by atoms with Gasteiger partial charge < -0.3 is 10.6 Å². The molecule has 5 nitrogen and oxygen atoms in total. The van der Waals surface area contributed by atoms with E-state index in [1.807, 2.05) is 0 Å². The van der Waals surface area contributed by atoms with Crippen LogP contribution in [0.25, 0.3) is 0 Å². The minimum Gasteiger partial charge on any atom is -0.368 e. The van der Waals surface area contributed by atoms with Crippen LogP contribution in [0.2, 0.25) is 0 Å². The van der Waals surface area contributed by atoms with Gasteiger partial charge in [-0.25, -0.2) is 4.39 Å². The van der Waals surface area contributed by atoms with E-state index in [1.165, 1.54) is 24.3 Å². The molecule has 2 N–H and O–H groups in total. The predicted octanol–water partition coefficient (Wildman–Crippen LogP) is 1.38. The van der Waals surface area contributed by atoms with Crippen LogP contribution in [0.5, 0.6) is 0 Å². The summed E-state index contributed by atoms with van der Waals surface area (Å²) in [5.74, 6) is -0.643. The van der Waals surface area contributed by atoms with Gasteiger partial charge in [-0.05, 0) is 56.5 Å². The SMILES string of the molecule is NC(=O)[C@@H]1CCCN1C1CCN(C(=O)c2ccc(F)cc2)CC1. The summed E-state index contributed by atoms with van der Waals surface area (Å²) >= 11 is 0. The van der Waals surface area contributed by atoms with E-state index in [9.17, 15) is 14.0 Å². The molecule has 2 fully saturated rings. The third kappa shape index (κ3) is 3.37. The molecule has 6 heteroatoms. The molecule has 0 spiro atoms. The second-order valence-electron chi connectivity index (χ2n) is 6.33. The molecule has 124 valence electrons. The molecule has 2 aliphatic heterocycles. The molecule has 0 radical (unpaired) electrons. The van der Waals surface area contributed by atoms with E-state index in [2.05, 4.69) is 4.90 Å². The molecule has 0 aromatic heterocycles. The molecule has 1 atom stereocenters. The fraction of sp³-hybridized carbons (Fsp3) is 0.529. The molecular formula is C17H22FN3O2. The van der Waals surface area contributed by atoms with Crippen LogP contribution in [-0.2, 0) is 4.79 Å². The van der Waals surface area contributed by atoms with E-state index in [0.717, 1.165) is 32.2 Å². The average Bonchev–Trinajstić information content (AvgIpc) is 3.05. The van der Waals surface area contributed by atoms with E-state index in [4.69, 9.17) is 5.73 Å². The summed E-state index contributed by atoms with van der Waals surface area (Å²) < 4.78 is 12.9. The fourth-order valence-electron chi connectivity index (χ4n) is 3.71. The summed E-state index contributed by atoms with van der Waals surface area (Å²) in [4.78, 5) is 28.0. The van der Waals surface area contributed by atoms with Gasteiger partial charge in [0.25, 0.3) is 5.91 Å². The fourth-order valence-corrected chi connectivity index (χ4v) is 3.71. The van der Waals surface area contributed by atoms with Crippen molar-refractivity contribution in [3.63, 3.8) is 0 Å². The number of piperidine rings is 1. The summed E-state index contributed by atoms with van der Waals surface area (Å²) in [6.07, 6.45) is 3.53. The first-order valence-electron chi connectivity index (χ1n) is 8.16. The van der Waals surface area contributed by atoms with Crippen LogP contribution in [0.4, 0.5) is 4.39 Å². The molecule has 1 aromatic carbocycles. The van der Waals surface area contributed by atoms with Gasteiger partial charge in [0.05, 0.1) is 6.04 Å². The van der Waals surface area contributed by atoms with Crippen molar-refractivity contribution in [1.29, 1.82) is 0 Å². The lowest BCUT2D eigenvalue weighted by atomic mass is 10.0. The van der Waals surface area contributed by atoms with Crippen molar-refractivity contribution < 1.29 is 14.0 Å². The number of hydrogen-bond donors (Lipinski definition) is 1.